The molecule has 146 valence electrons. The van der Waals surface area contributed by atoms with Gasteiger partial charge in [-0.1, -0.05) is 53.0 Å². The predicted octanol–water partition coefficient (Wildman–Crippen LogP) is 6.68. The average molecular weight is 455 g/mol. The first-order chi connectivity index (χ1) is 13.5. The van der Waals surface area contributed by atoms with Crippen LogP contribution in [0.1, 0.15) is 28.1 Å². The van der Waals surface area contributed by atoms with Gasteiger partial charge in [0.2, 0.25) is 0 Å². The highest BCUT2D eigenvalue weighted by molar-refractivity contribution is 7.21. The quantitative estimate of drug-likeness (QED) is 0.430. The molecule has 0 spiro atoms. The zero-order valence-corrected chi connectivity index (χ0v) is 18.0. The van der Waals surface area contributed by atoms with Crippen LogP contribution in [-0.2, 0) is 11.3 Å². The molecule has 2 heterocycles. The van der Waals surface area contributed by atoms with E-state index >= 15 is 0 Å². The van der Waals surface area contributed by atoms with Crippen molar-refractivity contribution in [3.05, 3.63) is 68.0 Å². The number of benzene rings is 2. The zero-order chi connectivity index (χ0) is 19.7. The maximum atomic E-state index is 13.4. The number of rotatable bonds is 5. The van der Waals surface area contributed by atoms with Crippen LogP contribution in [0, 0.1) is 0 Å². The number of fused-ring (bicyclic) bond motifs is 1. The third kappa shape index (κ3) is 4.32. The molecule has 1 unspecified atom stereocenters. The van der Waals surface area contributed by atoms with E-state index in [2.05, 4.69) is 0 Å². The average Bonchev–Trinajstić information content (AvgIpc) is 3.30. The molecule has 4 rings (SSSR count). The minimum Gasteiger partial charge on any atom is -0.376 e. The van der Waals surface area contributed by atoms with Gasteiger partial charge >= 0.3 is 0 Å². The van der Waals surface area contributed by atoms with Gasteiger partial charge < -0.3 is 9.64 Å². The van der Waals surface area contributed by atoms with Crippen LogP contribution in [0.4, 0.5) is 0 Å². The Bertz CT molecular complexity index is 997. The highest BCUT2D eigenvalue weighted by Crippen LogP contribution is 2.37. The number of carbonyl (C=O) groups is 1. The van der Waals surface area contributed by atoms with Crippen LogP contribution >= 0.6 is 46.1 Å². The normalized spacial score (nSPS) is 16.6. The first kappa shape index (κ1) is 20.0. The van der Waals surface area contributed by atoms with Gasteiger partial charge in [-0.2, -0.15) is 0 Å². The first-order valence-electron chi connectivity index (χ1n) is 9.04. The predicted molar refractivity (Wildman–Crippen MR) is 117 cm³/mol. The maximum absolute atomic E-state index is 13.4. The van der Waals surface area contributed by atoms with E-state index in [0.29, 0.717) is 33.0 Å². The van der Waals surface area contributed by atoms with Gasteiger partial charge in [0, 0.05) is 39.8 Å². The molecule has 2 aromatic carbocycles. The van der Waals surface area contributed by atoms with E-state index < -0.39 is 0 Å². The summed E-state index contributed by atoms with van der Waals surface area (Å²) in [6, 6.07) is 13.0. The molecule has 1 saturated heterocycles. The van der Waals surface area contributed by atoms with E-state index in [-0.39, 0.29) is 12.0 Å². The van der Waals surface area contributed by atoms with Gasteiger partial charge in [0.25, 0.3) is 5.91 Å². The summed E-state index contributed by atoms with van der Waals surface area (Å²) in [7, 11) is 0. The van der Waals surface area contributed by atoms with Gasteiger partial charge in [0.05, 0.1) is 11.1 Å². The molecule has 0 bridgehead atoms. The van der Waals surface area contributed by atoms with Crippen molar-refractivity contribution in [3.8, 4) is 0 Å². The smallest absolute Gasteiger partial charge is 0.265 e. The van der Waals surface area contributed by atoms with E-state index in [1.54, 1.807) is 6.07 Å². The molecule has 0 saturated carbocycles. The fourth-order valence-electron chi connectivity index (χ4n) is 3.38. The van der Waals surface area contributed by atoms with E-state index in [1.807, 2.05) is 41.3 Å². The highest BCUT2D eigenvalue weighted by Gasteiger charge is 2.27. The first-order valence-corrected chi connectivity index (χ1v) is 11.0. The van der Waals surface area contributed by atoms with Crippen molar-refractivity contribution >= 4 is 62.1 Å². The van der Waals surface area contributed by atoms with Gasteiger partial charge in [0.15, 0.2) is 0 Å². The number of ether oxygens (including phenoxy) is 1. The summed E-state index contributed by atoms with van der Waals surface area (Å²) in [4.78, 5) is 15.8. The van der Waals surface area contributed by atoms with Gasteiger partial charge in [-0.3, -0.25) is 4.79 Å². The lowest BCUT2D eigenvalue weighted by molar-refractivity contribution is 0.0511. The van der Waals surface area contributed by atoms with Gasteiger partial charge in [-0.25, -0.2) is 0 Å². The topological polar surface area (TPSA) is 29.5 Å². The Hall–Kier alpha value is -1.30. The van der Waals surface area contributed by atoms with Crippen molar-refractivity contribution in [3.63, 3.8) is 0 Å². The lowest BCUT2D eigenvalue weighted by Crippen LogP contribution is -2.36. The second-order valence-corrected chi connectivity index (χ2v) is 9.14. The Kier molecular flexibility index (Phi) is 6.14. The summed E-state index contributed by atoms with van der Waals surface area (Å²) in [6.07, 6.45) is 2.04. The number of amides is 1. The van der Waals surface area contributed by atoms with E-state index in [9.17, 15) is 4.79 Å². The lowest BCUT2D eigenvalue weighted by atomic mass is 10.1. The Morgan fingerprint density at radius 2 is 1.86 bits per heavy atom. The summed E-state index contributed by atoms with van der Waals surface area (Å²) in [5, 5.41) is 2.63. The Labute approximate surface area is 182 Å². The van der Waals surface area contributed by atoms with E-state index in [0.717, 1.165) is 35.1 Å². The molecule has 28 heavy (non-hydrogen) atoms. The van der Waals surface area contributed by atoms with Crippen molar-refractivity contribution in [2.24, 2.45) is 0 Å². The Morgan fingerprint density at radius 3 is 2.57 bits per heavy atom. The molecule has 0 aliphatic carbocycles. The number of nitrogens with zero attached hydrogens (tertiary/aromatic N) is 1. The summed E-state index contributed by atoms with van der Waals surface area (Å²) in [6.45, 7) is 1.75. The molecule has 1 fully saturated rings. The molecular weight excluding hydrogens is 437 g/mol. The molecule has 3 aromatic rings. The van der Waals surface area contributed by atoms with Crippen LogP contribution in [0.25, 0.3) is 10.1 Å². The molecule has 1 aromatic heterocycles. The molecule has 7 heteroatoms. The number of hydrogen-bond acceptors (Lipinski definition) is 3. The summed E-state index contributed by atoms with van der Waals surface area (Å²) in [5.41, 5.74) is 1.01. The molecule has 1 amide bonds. The zero-order valence-electron chi connectivity index (χ0n) is 15.0. The van der Waals surface area contributed by atoms with Crippen molar-refractivity contribution < 1.29 is 9.53 Å². The van der Waals surface area contributed by atoms with Crippen molar-refractivity contribution in [2.45, 2.75) is 25.5 Å². The molecule has 1 aliphatic heterocycles. The molecule has 0 radical (unpaired) electrons. The number of hydrogen-bond donors (Lipinski definition) is 0. The van der Waals surface area contributed by atoms with Crippen LogP contribution in [-0.4, -0.2) is 30.1 Å². The Balaban J connectivity index is 1.65. The second kappa shape index (κ2) is 8.60. The molecule has 3 nitrogen and oxygen atoms in total. The SMILES string of the molecule is O=C(c1sc2cc(Cl)ccc2c1Cl)N(Cc1ccc(Cl)cc1)CC1CCCO1. The van der Waals surface area contributed by atoms with Crippen molar-refractivity contribution in [2.75, 3.05) is 13.2 Å². The summed E-state index contributed by atoms with van der Waals surface area (Å²) < 4.78 is 6.68. The standard InChI is InChI=1S/C21H18Cl3NO2S/c22-14-5-3-13(4-6-14)11-25(12-16-2-1-9-27-16)21(26)20-19(24)17-8-7-15(23)10-18(17)28-20/h3-8,10,16H,1-2,9,11-12H2. The third-order valence-electron chi connectivity index (χ3n) is 4.81. The fraction of sp³-hybridized carbons (Fsp3) is 0.286. The molecule has 1 aliphatic rings. The third-order valence-corrected chi connectivity index (χ3v) is 6.94. The summed E-state index contributed by atoms with van der Waals surface area (Å²) >= 11 is 20.0. The van der Waals surface area contributed by atoms with Crippen molar-refractivity contribution in [1.82, 2.24) is 4.90 Å². The van der Waals surface area contributed by atoms with Crippen LogP contribution in [0.15, 0.2) is 42.5 Å². The van der Waals surface area contributed by atoms with Gasteiger partial charge in [-0.05, 0) is 42.7 Å². The number of carbonyl (C=O) groups excluding carboxylic acids is 1. The minimum atomic E-state index is -0.0900. The fourth-order valence-corrected chi connectivity index (χ4v) is 5.27. The van der Waals surface area contributed by atoms with Crippen LogP contribution < -0.4 is 0 Å². The number of halogens is 3. The largest absolute Gasteiger partial charge is 0.376 e. The van der Waals surface area contributed by atoms with Crippen molar-refractivity contribution in [1.29, 1.82) is 0 Å². The van der Waals surface area contributed by atoms with Gasteiger partial charge in [-0.15, -0.1) is 11.3 Å². The van der Waals surface area contributed by atoms with Crippen LogP contribution in [0.2, 0.25) is 15.1 Å². The monoisotopic (exact) mass is 453 g/mol. The van der Waals surface area contributed by atoms with Gasteiger partial charge in [0.1, 0.15) is 4.88 Å². The summed E-state index contributed by atoms with van der Waals surface area (Å²) in [5.74, 6) is -0.0900. The second-order valence-electron chi connectivity index (χ2n) is 6.83. The number of thiophene rings is 1. The maximum Gasteiger partial charge on any atom is 0.265 e. The molecule has 0 N–H and O–H groups in total. The molecular formula is C21H18Cl3NO2S. The van der Waals surface area contributed by atoms with Crippen LogP contribution in [0.3, 0.4) is 0 Å². The highest BCUT2D eigenvalue weighted by atomic mass is 35.5. The minimum absolute atomic E-state index is 0.0545. The Morgan fingerprint density at radius 1 is 1.11 bits per heavy atom. The van der Waals surface area contributed by atoms with Crippen LogP contribution in [0.5, 0.6) is 0 Å². The van der Waals surface area contributed by atoms with E-state index in [1.165, 1.54) is 11.3 Å². The van der Waals surface area contributed by atoms with E-state index in [4.69, 9.17) is 39.5 Å². The lowest BCUT2D eigenvalue weighted by Gasteiger charge is -2.25. The molecule has 1 atom stereocenters.